The van der Waals surface area contributed by atoms with Crippen LogP contribution in [0.25, 0.3) is 22.2 Å². The molecule has 28 heavy (non-hydrogen) atoms. The molecule has 0 radical (unpaired) electrons. The topological polar surface area (TPSA) is 86.9 Å². The highest BCUT2D eigenvalue weighted by molar-refractivity contribution is 7.14. The lowest BCUT2D eigenvalue weighted by atomic mass is 10.1. The average molecular weight is 390 g/mol. The number of hydrogen-bond acceptors (Lipinski definition) is 4. The molecule has 0 saturated heterocycles. The van der Waals surface area contributed by atoms with Crippen LogP contribution >= 0.6 is 11.3 Å². The molecule has 0 fully saturated rings. The van der Waals surface area contributed by atoms with Gasteiger partial charge in [0, 0.05) is 34.6 Å². The van der Waals surface area contributed by atoms with Crippen molar-refractivity contribution >= 4 is 39.2 Å². The van der Waals surface area contributed by atoms with E-state index in [1.54, 1.807) is 0 Å². The molecule has 4 aromatic rings. The minimum Gasteiger partial charge on any atom is -0.361 e. The molecule has 140 valence electrons. The number of carbonyl (C=O) groups excluding carboxylic acids is 2. The summed E-state index contributed by atoms with van der Waals surface area (Å²) < 4.78 is 0. The molecule has 7 heteroatoms. The second-order valence-electron chi connectivity index (χ2n) is 6.22. The molecule has 0 aliphatic rings. The van der Waals surface area contributed by atoms with Crippen molar-refractivity contribution in [3.8, 4) is 11.3 Å². The molecule has 0 aliphatic heterocycles. The third kappa shape index (κ3) is 3.94. The zero-order valence-electron chi connectivity index (χ0n) is 14.9. The van der Waals surface area contributed by atoms with E-state index in [2.05, 4.69) is 20.6 Å². The Bertz CT molecular complexity index is 1120. The smallest absolute Gasteiger partial charge is 0.315 e. The van der Waals surface area contributed by atoms with Crippen molar-refractivity contribution in [1.29, 1.82) is 0 Å². The molecule has 0 bridgehead atoms. The largest absolute Gasteiger partial charge is 0.361 e. The minimum atomic E-state index is -0.715. The Hall–Kier alpha value is -3.45. The number of nitrogens with zero attached hydrogens (tertiary/aromatic N) is 1. The van der Waals surface area contributed by atoms with Crippen molar-refractivity contribution in [2.75, 3.05) is 11.9 Å². The van der Waals surface area contributed by atoms with Gasteiger partial charge in [-0.05, 0) is 18.1 Å². The lowest BCUT2D eigenvalue weighted by Crippen LogP contribution is -2.36. The van der Waals surface area contributed by atoms with Crippen LogP contribution in [0.4, 0.5) is 5.13 Å². The Morgan fingerprint density at radius 3 is 2.64 bits per heavy atom. The van der Waals surface area contributed by atoms with E-state index in [0.717, 1.165) is 27.7 Å². The van der Waals surface area contributed by atoms with Gasteiger partial charge in [0.25, 0.3) is 0 Å². The van der Waals surface area contributed by atoms with E-state index in [0.29, 0.717) is 18.1 Å². The van der Waals surface area contributed by atoms with Crippen LogP contribution in [0, 0.1) is 0 Å². The Balaban J connectivity index is 1.30. The number of thiazole rings is 1. The maximum Gasteiger partial charge on any atom is 0.315 e. The highest BCUT2D eigenvalue weighted by atomic mass is 32.1. The van der Waals surface area contributed by atoms with Gasteiger partial charge in [0.2, 0.25) is 0 Å². The van der Waals surface area contributed by atoms with Gasteiger partial charge in [-0.2, -0.15) is 0 Å². The molecule has 3 N–H and O–H groups in total. The molecule has 0 unspecified atom stereocenters. The Morgan fingerprint density at radius 1 is 1.00 bits per heavy atom. The van der Waals surface area contributed by atoms with Crippen LogP contribution in [0.5, 0.6) is 0 Å². The fraction of sp³-hybridized carbons (Fsp3) is 0.0952. The second kappa shape index (κ2) is 8.06. The first-order valence-electron chi connectivity index (χ1n) is 8.86. The number of anilines is 1. The van der Waals surface area contributed by atoms with Crippen LogP contribution in [0.3, 0.4) is 0 Å². The molecule has 0 saturated carbocycles. The van der Waals surface area contributed by atoms with E-state index < -0.39 is 11.8 Å². The van der Waals surface area contributed by atoms with Crippen LogP contribution < -0.4 is 10.6 Å². The molecule has 0 atom stereocenters. The van der Waals surface area contributed by atoms with Crippen molar-refractivity contribution in [3.05, 3.63) is 71.7 Å². The summed E-state index contributed by atoms with van der Waals surface area (Å²) in [7, 11) is 0. The predicted octanol–water partition coefficient (Wildman–Crippen LogP) is 3.59. The normalized spacial score (nSPS) is 10.7. The number of aromatic nitrogens is 2. The molecule has 2 amide bonds. The first-order valence-corrected chi connectivity index (χ1v) is 9.74. The molecule has 4 rings (SSSR count). The fourth-order valence-electron chi connectivity index (χ4n) is 2.96. The van der Waals surface area contributed by atoms with E-state index >= 15 is 0 Å². The van der Waals surface area contributed by atoms with Crippen molar-refractivity contribution in [2.45, 2.75) is 6.42 Å². The second-order valence-corrected chi connectivity index (χ2v) is 7.08. The third-order valence-electron chi connectivity index (χ3n) is 4.36. The van der Waals surface area contributed by atoms with Crippen LogP contribution in [0.1, 0.15) is 5.56 Å². The number of benzene rings is 2. The quantitative estimate of drug-likeness (QED) is 0.455. The van der Waals surface area contributed by atoms with Crippen molar-refractivity contribution in [2.24, 2.45) is 0 Å². The lowest BCUT2D eigenvalue weighted by molar-refractivity contribution is -0.136. The van der Waals surface area contributed by atoms with Gasteiger partial charge in [-0.1, -0.05) is 48.5 Å². The van der Waals surface area contributed by atoms with E-state index in [-0.39, 0.29) is 0 Å². The molecule has 6 nitrogen and oxygen atoms in total. The average Bonchev–Trinajstić information content (AvgIpc) is 3.36. The zero-order chi connectivity index (χ0) is 19.3. The van der Waals surface area contributed by atoms with Crippen LogP contribution in [0.2, 0.25) is 0 Å². The fourth-order valence-corrected chi connectivity index (χ4v) is 3.67. The van der Waals surface area contributed by atoms with Gasteiger partial charge in [0.1, 0.15) is 0 Å². The number of amides is 2. The molecule has 2 heterocycles. The summed E-state index contributed by atoms with van der Waals surface area (Å²) in [4.78, 5) is 31.7. The van der Waals surface area contributed by atoms with Gasteiger partial charge in [-0.25, -0.2) is 4.98 Å². The molecule has 2 aromatic heterocycles. The molecular formula is C21H18N4O2S. The Labute approximate surface area is 165 Å². The van der Waals surface area contributed by atoms with Gasteiger partial charge >= 0.3 is 11.8 Å². The molecule has 2 aromatic carbocycles. The number of para-hydroxylation sites is 1. The van der Waals surface area contributed by atoms with E-state index in [9.17, 15) is 9.59 Å². The molecule has 0 spiro atoms. The van der Waals surface area contributed by atoms with E-state index in [4.69, 9.17) is 0 Å². The van der Waals surface area contributed by atoms with Gasteiger partial charge in [-0.15, -0.1) is 11.3 Å². The van der Waals surface area contributed by atoms with E-state index in [1.807, 2.05) is 66.2 Å². The maximum absolute atomic E-state index is 12.1. The highest BCUT2D eigenvalue weighted by Gasteiger charge is 2.15. The monoisotopic (exact) mass is 390 g/mol. The number of fused-ring (bicyclic) bond motifs is 1. The number of rotatable bonds is 5. The summed E-state index contributed by atoms with van der Waals surface area (Å²) in [5.74, 6) is -1.39. The van der Waals surface area contributed by atoms with Crippen molar-refractivity contribution < 1.29 is 9.59 Å². The van der Waals surface area contributed by atoms with Gasteiger partial charge < -0.3 is 10.3 Å². The highest BCUT2D eigenvalue weighted by Crippen LogP contribution is 2.24. The minimum absolute atomic E-state index is 0.376. The standard InChI is InChI=1S/C21H18N4O2S/c26-19(22-11-10-15-12-23-17-9-5-4-8-16(15)17)20(27)25-21-24-18(13-28-21)14-6-2-1-3-7-14/h1-9,12-13,23H,10-11H2,(H,22,26)(H,24,25,27). The molecular weight excluding hydrogens is 372 g/mol. The number of aromatic amines is 1. The van der Waals surface area contributed by atoms with Crippen molar-refractivity contribution in [1.82, 2.24) is 15.3 Å². The summed E-state index contributed by atoms with van der Waals surface area (Å²) in [6.07, 6.45) is 2.57. The van der Waals surface area contributed by atoms with Gasteiger partial charge in [0.05, 0.1) is 5.69 Å². The Morgan fingerprint density at radius 2 is 1.79 bits per heavy atom. The lowest BCUT2D eigenvalue weighted by Gasteiger charge is -2.04. The summed E-state index contributed by atoms with van der Waals surface area (Å²) in [5.41, 5.74) is 3.88. The number of H-pyrrole nitrogens is 1. The summed E-state index contributed by atoms with van der Waals surface area (Å²) >= 11 is 1.29. The first kappa shape index (κ1) is 17.9. The summed E-state index contributed by atoms with van der Waals surface area (Å²) in [6.45, 7) is 0.376. The maximum atomic E-state index is 12.1. The SMILES string of the molecule is O=C(NCCc1c[nH]c2ccccc12)C(=O)Nc1nc(-c2ccccc2)cs1. The van der Waals surface area contributed by atoms with E-state index in [1.165, 1.54) is 11.3 Å². The first-order chi connectivity index (χ1) is 13.7. The van der Waals surface area contributed by atoms with Crippen LogP contribution in [0.15, 0.2) is 66.2 Å². The predicted molar refractivity (Wildman–Crippen MR) is 111 cm³/mol. The summed E-state index contributed by atoms with van der Waals surface area (Å²) in [5, 5.41) is 8.58. The number of hydrogen-bond donors (Lipinski definition) is 3. The number of nitrogens with one attached hydrogen (secondary N) is 3. The van der Waals surface area contributed by atoms with Crippen molar-refractivity contribution in [3.63, 3.8) is 0 Å². The molecule has 0 aliphatic carbocycles. The van der Waals surface area contributed by atoms with Gasteiger partial charge in [0.15, 0.2) is 5.13 Å². The van der Waals surface area contributed by atoms with Gasteiger partial charge in [-0.3, -0.25) is 14.9 Å². The van der Waals surface area contributed by atoms with Crippen LogP contribution in [-0.4, -0.2) is 28.3 Å². The third-order valence-corrected chi connectivity index (χ3v) is 5.11. The zero-order valence-corrected chi connectivity index (χ0v) is 15.8. The number of carbonyl (C=O) groups is 2. The Kier molecular flexibility index (Phi) is 5.16. The summed E-state index contributed by atoms with van der Waals surface area (Å²) in [6, 6.07) is 17.6. The van der Waals surface area contributed by atoms with Crippen LogP contribution in [-0.2, 0) is 16.0 Å².